The Bertz CT molecular complexity index is 1000. The molecule has 0 aromatic heterocycles. The van der Waals surface area contributed by atoms with Gasteiger partial charge in [-0.05, 0) is 90.8 Å². The van der Waals surface area contributed by atoms with Crippen LogP contribution in [0.4, 0.5) is 0 Å². The summed E-state index contributed by atoms with van der Waals surface area (Å²) in [5.41, 5.74) is 5.89. The Balaban J connectivity index is 1.62. The molecule has 0 radical (unpaired) electrons. The van der Waals surface area contributed by atoms with Crippen molar-refractivity contribution < 1.29 is 10.2 Å². The van der Waals surface area contributed by atoms with Gasteiger partial charge in [0.25, 0.3) is 0 Å². The maximum absolute atomic E-state index is 10.1. The van der Waals surface area contributed by atoms with E-state index in [1.807, 2.05) is 26.0 Å². The van der Waals surface area contributed by atoms with Crippen LogP contribution in [-0.2, 0) is 5.41 Å². The predicted molar refractivity (Wildman–Crippen MR) is 116 cm³/mol. The van der Waals surface area contributed by atoms with Crippen molar-refractivity contribution in [3.8, 4) is 11.5 Å². The number of aryl methyl sites for hydroxylation is 2. The number of benzene rings is 3. The number of fused-ring (bicyclic) bond motifs is 2. The molecule has 0 heterocycles. The van der Waals surface area contributed by atoms with Crippen LogP contribution in [0.3, 0.4) is 0 Å². The highest BCUT2D eigenvalue weighted by Crippen LogP contribution is 2.64. The van der Waals surface area contributed by atoms with Gasteiger partial charge in [0.1, 0.15) is 11.5 Å². The maximum Gasteiger partial charge on any atom is 0.118 e. The van der Waals surface area contributed by atoms with Crippen LogP contribution in [0.25, 0.3) is 0 Å². The van der Waals surface area contributed by atoms with Crippen LogP contribution in [0.5, 0.6) is 11.5 Å². The first-order valence-corrected chi connectivity index (χ1v) is 10.6. The molecule has 3 aromatic carbocycles. The molecule has 3 atom stereocenters. The Hall–Kier alpha value is -2.74. The zero-order valence-electron chi connectivity index (χ0n) is 17.1. The minimum atomic E-state index is -0.0487. The fraction of sp³-hybridized carbons (Fsp3) is 0.333. The van der Waals surface area contributed by atoms with Gasteiger partial charge in [-0.15, -0.1) is 0 Å². The van der Waals surface area contributed by atoms with Crippen LogP contribution >= 0.6 is 0 Å². The van der Waals surface area contributed by atoms with Crippen LogP contribution in [0.2, 0.25) is 0 Å². The van der Waals surface area contributed by atoms with Crippen molar-refractivity contribution in [3.05, 3.63) is 94.5 Å². The summed E-state index contributed by atoms with van der Waals surface area (Å²) >= 11 is 0. The SMILES string of the molecule is Cc1cc(C2(c3ccc(O)c(C)c3)CC3CC2C[C@@H]3c2ccccc2)ccc1O. The summed E-state index contributed by atoms with van der Waals surface area (Å²) in [5.74, 6) is 2.56. The topological polar surface area (TPSA) is 40.5 Å². The van der Waals surface area contributed by atoms with Gasteiger partial charge in [0.15, 0.2) is 0 Å². The van der Waals surface area contributed by atoms with Gasteiger partial charge < -0.3 is 10.2 Å². The molecular formula is C27H28O2. The quantitative estimate of drug-likeness (QED) is 0.563. The molecule has 2 nitrogen and oxygen atoms in total. The van der Waals surface area contributed by atoms with Gasteiger partial charge in [-0.25, -0.2) is 0 Å². The van der Waals surface area contributed by atoms with Crippen molar-refractivity contribution >= 4 is 0 Å². The average Bonchev–Trinajstić information content (AvgIpc) is 3.32. The molecule has 29 heavy (non-hydrogen) atoms. The summed E-state index contributed by atoms with van der Waals surface area (Å²) < 4.78 is 0. The first kappa shape index (κ1) is 18.3. The molecule has 5 rings (SSSR count). The van der Waals surface area contributed by atoms with E-state index in [4.69, 9.17) is 0 Å². The highest BCUT2D eigenvalue weighted by Gasteiger charge is 2.56. The highest BCUT2D eigenvalue weighted by atomic mass is 16.3. The summed E-state index contributed by atoms with van der Waals surface area (Å²) in [6.45, 7) is 3.96. The molecule has 2 aliphatic rings. The number of phenolic OH excluding ortho intramolecular Hbond substituents is 2. The van der Waals surface area contributed by atoms with Crippen LogP contribution < -0.4 is 0 Å². The molecule has 2 bridgehead atoms. The molecule has 2 N–H and O–H groups in total. The fourth-order valence-corrected chi connectivity index (χ4v) is 6.18. The van der Waals surface area contributed by atoms with Crippen LogP contribution in [0, 0.1) is 25.7 Å². The Morgan fingerprint density at radius 3 is 1.83 bits per heavy atom. The molecule has 2 unspecified atom stereocenters. The summed E-state index contributed by atoms with van der Waals surface area (Å²) in [6.07, 6.45) is 3.54. The molecular weight excluding hydrogens is 356 g/mol. The summed E-state index contributed by atoms with van der Waals surface area (Å²) in [4.78, 5) is 0. The van der Waals surface area contributed by atoms with Crippen molar-refractivity contribution in [3.63, 3.8) is 0 Å². The van der Waals surface area contributed by atoms with E-state index < -0.39 is 0 Å². The largest absolute Gasteiger partial charge is 0.508 e. The minimum Gasteiger partial charge on any atom is -0.508 e. The lowest BCUT2D eigenvalue weighted by atomic mass is 9.61. The number of aromatic hydroxyl groups is 2. The van der Waals surface area contributed by atoms with Gasteiger partial charge in [0.05, 0.1) is 0 Å². The van der Waals surface area contributed by atoms with E-state index in [0.717, 1.165) is 17.5 Å². The molecule has 2 fully saturated rings. The van der Waals surface area contributed by atoms with E-state index >= 15 is 0 Å². The third-order valence-electron chi connectivity index (χ3n) is 7.63. The van der Waals surface area contributed by atoms with Crippen molar-refractivity contribution in [2.75, 3.05) is 0 Å². The lowest BCUT2D eigenvalue weighted by molar-refractivity contribution is 0.293. The Kier molecular flexibility index (Phi) is 4.20. The zero-order chi connectivity index (χ0) is 20.2. The van der Waals surface area contributed by atoms with Gasteiger partial charge in [-0.1, -0.05) is 54.6 Å². The van der Waals surface area contributed by atoms with E-state index in [9.17, 15) is 10.2 Å². The van der Waals surface area contributed by atoms with Crippen molar-refractivity contribution in [1.29, 1.82) is 0 Å². The molecule has 3 aromatic rings. The van der Waals surface area contributed by atoms with Gasteiger partial charge in [0.2, 0.25) is 0 Å². The second-order valence-corrected chi connectivity index (χ2v) is 9.12. The Labute approximate surface area is 172 Å². The van der Waals surface area contributed by atoms with E-state index in [-0.39, 0.29) is 5.41 Å². The second kappa shape index (κ2) is 6.66. The number of hydrogen-bond acceptors (Lipinski definition) is 2. The molecule has 0 amide bonds. The first-order chi connectivity index (χ1) is 14.0. The third kappa shape index (κ3) is 2.77. The molecule has 2 saturated carbocycles. The number of rotatable bonds is 3. The number of hydrogen-bond donors (Lipinski definition) is 2. The second-order valence-electron chi connectivity index (χ2n) is 9.12. The molecule has 148 valence electrons. The highest BCUT2D eigenvalue weighted by molar-refractivity contribution is 5.50. The van der Waals surface area contributed by atoms with Gasteiger partial charge in [-0.3, -0.25) is 0 Å². The predicted octanol–water partition coefficient (Wildman–Crippen LogP) is 6.21. The zero-order valence-corrected chi connectivity index (χ0v) is 17.1. The Morgan fingerprint density at radius 2 is 1.34 bits per heavy atom. The molecule has 0 saturated heterocycles. The summed E-state index contributed by atoms with van der Waals surface area (Å²) in [5, 5.41) is 20.2. The molecule has 2 aliphatic carbocycles. The average molecular weight is 385 g/mol. The van der Waals surface area contributed by atoms with Crippen LogP contribution in [0.15, 0.2) is 66.7 Å². The minimum absolute atomic E-state index is 0.0487. The standard InChI is InChI=1S/C27H28O2/c1-17-12-21(8-10-25(17)28)27(22-9-11-26(29)18(2)13-22)16-20-14-23(27)15-24(20)19-6-4-3-5-7-19/h3-13,20,23-24,28-29H,14-16H2,1-2H3/t20?,23?,24-/m1/s1. The van der Waals surface area contributed by atoms with Crippen molar-refractivity contribution in [2.24, 2.45) is 11.8 Å². The molecule has 0 aliphatic heterocycles. The molecule has 2 heteroatoms. The normalized spacial score (nSPS) is 24.7. The summed E-state index contributed by atoms with van der Waals surface area (Å²) in [7, 11) is 0. The first-order valence-electron chi connectivity index (χ1n) is 10.6. The van der Waals surface area contributed by atoms with Crippen LogP contribution in [-0.4, -0.2) is 10.2 Å². The monoisotopic (exact) mass is 384 g/mol. The van der Waals surface area contributed by atoms with E-state index in [0.29, 0.717) is 29.3 Å². The van der Waals surface area contributed by atoms with Gasteiger partial charge in [0, 0.05) is 5.41 Å². The fourth-order valence-electron chi connectivity index (χ4n) is 6.18. The smallest absolute Gasteiger partial charge is 0.118 e. The van der Waals surface area contributed by atoms with E-state index in [1.54, 1.807) is 0 Å². The Morgan fingerprint density at radius 1 is 0.759 bits per heavy atom. The van der Waals surface area contributed by atoms with E-state index in [2.05, 4.69) is 54.6 Å². The van der Waals surface area contributed by atoms with E-state index in [1.165, 1.54) is 29.5 Å². The third-order valence-corrected chi connectivity index (χ3v) is 7.63. The lowest BCUT2D eigenvalue weighted by Crippen LogP contribution is -2.36. The van der Waals surface area contributed by atoms with Crippen molar-refractivity contribution in [2.45, 2.75) is 44.4 Å². The van der Waals surface area contributed by atoms with Crippen LogP contribution in [0.1, 0.15) is 53.0 Å². The van der Waals surface area contributed by atoms with Gasteiger partial charge >= 0.3 is 0 Å². The maximum atomic E-state index is 10.1. The lowest BCUT2D eigenvalue weighted by Gasteiger charge is -2.42. The number of phenols is 2. The van der Waals surface area contributed by atoms with Gasteiger partial charge in [-0.2, -0.15) is 0 Å². The summed E-state index contributed by atoms with van der Waals surface area (Å²) in [6, 6.07) is 23.2. The molecule has 0 spiro atoms. The van der Waals surface area contributed by atoms with Crippen molar-refractivity contribution in [1.82, 2.24) is 0 Å².